The van der Waals surface area contributed by atoms with E-state index in [2.05, 4.69) is 15.3 Å². The van der Waals surface area contributed by atoms with Crippen molar-refractivity contribution in [1.82, 2.24) is 9.97 Å². The molecule has 2 aromatic carbocycles. The van der Waals surface area contributed by atoms with Crippen LogP contribution in [0.15, 0.2) is 57.9 Å². The molecule has 3 N–H and O–H groups in total. The third kappa shape index (κ3) is 4.13. The summed E-state index contributed by atoms with van der Waals surface area (Å²) in [5, 5.41) is 14.0. The van der Waals surface area contributed by atoms with Crippen LogP contribution in [-0.4, -0.2) is 15.1 Å². The summed E-state index contributed by atoms with van der Waals surface area (Å²) >= 11 is 0. The van der Waals surface area contributed by atoms with Gasteiger partial charge in [0.05, 0.1) is 11.9 Å². The first-order valence-electron chi connectivity index (χ1n) is 10.4. The minimum atomic E-state index is -0.999. The van der Waals surface area contributed by atoms with E-state index < -0.39 is 22.9 Å². The lowest BCUT2D eigenvalue weighted by molar-refractivity contribution is 0.0245. The van der Waals surface area contributed by atoms with Crippen LogP contribution < -0.4 is 10.9 Å². The number of fused-ring (bicyclic) bond motifs is 1. The molecule has 0 spiro atoms. The van der Waals surface area contributed by atoms with E-state index in [9.17, 15) is 18.7 Å². The van der Waals surface area contributed by atoms with Crippen LogP contribution in [0.1, 0.15) is 37.9 Å². The van der Waals surface area contributed by atoms with Crippen molar-refractivity contribution < 1.29 is 18.3 Å². The largest absolute Gasteiger partial charge is 0.423 e. The minimum absolute atomic E-state index is 0.0793. The zero-order valence-corrected chi connectivity index (χ0v) is 17.7. The fraction of sp³-hybridized carbons (Fsp3) is 0.250. The maximum atomic E-state index is 14.9. The molecule has 6 nitrogen and oxygen atoms in total. The van der Waals surface area contributed by atoms with Gasteiger partial charge in [-0.25, -0.2) is 18.6 Å². The van der Waals surface area contributed by atoms with Gasteiger partial charge < -0.3 is 19.8 Å². The smallest absolute Gasteiger partial charge is 0.336 e. The molecule has 32 heavy (non-hydrogen) atoms. The van der Waals surface area contributed by atoms with E-state index in [-0.39, 0.29) is 17.7 Å². The van der Waals surface area contributed by atoms with Crippen molar-refractivity contribution in [3.05, 3.63) is 82.0 Å². The summed E-state index contributed by atoms with van der Waals surface area (Å²) in [6.45, 7) is 3.85. The number of aliphatic hydroxyl groups is 1. The Morgan fingerprint density at radius 3 is 2.53 bits per heavy atom. The number of H-pyrrole nitrogens is 1. The molecule has 2 aromatic heterocycles. The highest BCUT2D eigenvalue weighted by Gasteiger charge is 2.27. The standard InChI is InChI=1S/C24H23F2N3O3/c1-3-24(31,4-2)21-13-28-23(29-21)27-12-15-9-20-18(10-19(15)26)17(11-22(30)32-20)14-5-7-16(25)8-6-14/h5-11,13,31H,3-4,12H2,1-2H3,(H2,27,28,29). The van der Waals surface area contributed by atoms with Gasteiger partial charge in [0, 0.05) is 23.6 Å². The number of aromatic nitrogens is 2. The number of benzene rings is 2. The van der Waals surface area contributed by atoms with Gasteiger partial charge in [0.1, 0.15) is 22.8 Å². The molecule has 4 rings (SSSR count). The lowest BCUT2D eigenvalue weighted by Crippen LogP contribution is -2.23. The Bertz CT molecular complexity index is 1310. The molecule has 0 unspecified atom stereocenters. The molecular weight excluding hydrogens is 416 g/mol. The monoisotopic (exact) mass is 439 g/mol. The SMILES string of the molecule is CCC(O)(CC)c1cnc(NCc2cc3oc(=O)cc(-c4ccc(F)cc4)c3cc2F)[nH]1. The maximum absolute atomic E-state index is 14.9. The van der Waals surface area contributed by atoms with E-state index in [0.717, 1.165) is 0 Å². The summed E-state index contributed by atoms with van der Waals surface area (Å²) in [6.07, 6.45) is 2.61. The fourth-order valence-corrected chi connectivity index (χ4v) is 3.68. The number of anilines is 1. The van der Waals surface area contributed by atoms with Gasteiger partial charge >= 0.3 is 5.63 Å². The number of aromatic amines is 1. The van der Waals surface area contributed by atoms with Crippen molar-refractivity contribution >= 4 is 16.9 Å². The quantitative estimate of drug-likeness (QED) is 0.349. The average Bonchev–Trinajstić information content (AvgIpc) is 3.27. The number of nitrogens with zero attached hydrogens (tertiary/aromatic N) is 1. The topological polar surface area (TPSA) is 91.2 Å². The molecule has 0 atom stereocenters. The molecular formula is C24H23F2N3O3. The number of imidazole rings is 1. The molecule has 0 aliphatic rings. The van der Waals surface area contributed by atoms with Crippen molar-refractivity contribution in [3.63, 3.8) is 0 Å². The van der Waals surface area contributed by atoms with Crippen molar-refractivity contribution in [2.45, 2.75) is 38.8 Å². The Labute approximate surface area is 182 Å². The molecule has 166 valence electrons. The third-order valence-electron chi connectivity index (χ3n) is 5.76. The number of hydrogen-bond donors (Lipinski definition) is 3. The Morgan fingerprint density at radius 2 is 1.84 bits per heavy atom. The molecule has 8 heteroatoms. The number of nitrogens with one attached hydrogen (secondary N) is 2. The van der Waals surface area contributed by atoms with Crippen LogP contribution in [0.4, 0.5) is 14.7 Å². The molecule has 0 fully saturated rings. The van der Waals surface area contributed by atoms with Crippen molar-refractivity contribution in [1.29, 1.82) is 0 Å². The van der Waals surface area contributed by atoms with Crippen LogP contribution >= 0.6 is 0 Å². The molecule has 0 amide bonds. The predicted molar refractivity (Wildman–Crippen MR) is 118 cm³/mol. The van der Waals surface area contributed by atoms with Gasteiger partial charge in [-0.3, -0.25) is 0 Å². The van der Waals surface area contributed by atoms with Gasteiger partial charge in [0.25, 0.3) is 0 Å². The van der Waals surface area contributed by atoms with Crippen LogP contribution in [0, 0.1) is 11.6 Å². The fourth-order valence-electron chi connectivity index (χ4n) is 3.68. The first-order chi connectivity index (χ1) is 15.3. The van der Waals surface area contributed by atoms with E-state index in [4.69, 9.17) is 4.42 Å². The molecule has 0 saturated heterocycles. The van der Waals surface area contributed by atoms with Crippen LogP contribution in [0.25, 0.3) is 22.1 Å². The van der Waals surface area contributed by atoms with Crippen molar-refractivity contribution in [2.75, 3.05) is 5.32 Å². The van der Waals surface area contributed by atoms with Gasteiger partial charge in [-0.2, -0.15) is 0 Å². The second-order valence-corrected chi connectivity index (χ2v) is 7.66. The van der Waals surface area contributed by atoms with Crippen LogP contribution in [0.5, 0.6) is 0 Å². The Hall–Kier alpha value is -3.52. The van der Waals surface area contributed by atoms with Gasteiger partial charge in [0.15, 0.2) is 0 Å². The first kappa shape index (κ1) is 21.7. The molecule has 0 radical (unpaired) electrons. The summed E-state index contributed by atoms with van der Waals surface area (Å²) in [5.74, 6) is -0.507. The molecule has 0 aliphatic carbocycles. The van der Waals surface area contributed by atoms with Gasteiger partial charge in [-0.1, -0.05) is 26.0 Å². The van der Waals surface area contributed by atoms with Crippen LogP contribution in [0.3, 0.4) is 0 Å². The summed E-state index contributed by atoms with van der Waals surface area (Å²) < 4.78 is 33.5. The lowest BCUT2D eigenvalue weighted by atomic mass is 9.94. The molecule has 2 heterocycles. The van der Waals surface area contributed by atoms with E-state index in [1.807, 2.05) is 13.8 Å². The Kier molecular flexibility index (Phi) is 5.80. The van der Waals surface area contributed by atoms with Gasteiger partial charge in [-0.15, -0.1) is 0 Å². The summed E-state index contributed by atoms with van der Waals surface area (Å²) in [7, 11) is 0. The normalized spacial score (nSPS) is 11.8. The highest BCUT2D eigenvalue weighted by molar-refractivity contribution is 5.93. The second-order valence-electron chi connectivity index (χ2n) is 7.66. The lowest BCUT2D eigenvalue weighted by Gasteiger charge is -2.23. The average molecular weight is 439 g/mol. The Balaban J connectivity index is 1.64. The maximum Gasteiger partial charge on any atom is 0.336 e. The van der Waals surface area contributed by atoms with Crippen molar-refractivity contribution in [2.24, 2.45) is 0 Å². The van der Waals surface area contributed by atoms with Crippen LogP contribution in [0.2, 0.25) is 0 Å². The summed E-state index contributed by atoms with van der Waals surface area (Å²) in [6, 6.07) is 9.64. The van der Waals surface area contributed by atoms with E-state index in [1.165, 1.54) is 42.5 Å². The summed E-state index contributed by atoms with van der Waals surface area (Å²) in [4.78, 5) is 19.3. The third-order valence-corrected chi connectivity index (χ3v) is 5.76. The molecule has 4 aromatic rings. The highest BCUT2D eigenvalue weighted by Crippen LogP contribution is 2.30. The predicted octanol–water partition coefficient (Wildman–Crippen LogP) is 5.08. The van der Waals surface area contributed by atoms with E-state index in [0.29, 0.717) is 41.0 Å². The summed E-state index contributed by atoms with van der Waals surface area (Å²) in [5.41, 5.74) is 0.537. The van der Waals surface area contributed by atoms with Crippen molar-refractivity contribution in [3.8, 4) is 11.1 Å². The molecule has 0 aliphatic heterocycles. The number of hydrogen-bond acceptors (Lipinski definition) is 5. The minimum Gasteiger partial charge on any atom is -0.423 e. The zero-order chi connectivity index (χ0) is 22.9. The molecule has 0 saturated carbocycles. The highest BCUT2D eigenvalue weighted by atomic mass is 19.1. The van der Waals surface area contributed by atoms with E-state index in [1.54, 1.807) is 6.20 Å². The van der Waals surface area contributed by atoms with Gasteiger partial charge in [-0.05, 0) is 48.2 Å². The molecule has 0 bridgehead atoms. The number of rotatable bonds is 7. The second kappa shape index (κ2) is 8.55. The Morgan fingerprint density at radius 1 is 1.12 bits per heavy atom. The zero-order valence-electron chi connectivity index (χ0n) is 17.7. The number of halogens is 2. The van der Waals surface area contributed by atoms with E-state index >= 15 is 0 Å². The van der Waals surface area contributed by atoms with Crippen LogP contribution in [-0.2, 0) is 12.1 Å². The first-order valence-corrected chi connectivity index (χ1v) is 10.4. The van der Waals surface area contributed by atoms with Gasteiger partial charge in [0.2, 0.25) is 5.95 Å².